The van der Waals surface area contributed by atoms with Crippen molar-refractivity contribution in [1.29, 1.82) is 0 Å². The first kappa shape index (κ1) is 15.0. The first-order chi connectivity index (χ1) is 9.63. The van der Waals surface area contributed by atoms with E-state index in [0.717, 1.165) is 22.2 Å². The molecule has 0 aromatic heterocycles. The van der Waals surface area contributed by atoms with Gasteiger partial charge in [-0.05, 0) is 48.2 Å². The molecule has 0 spiro atoms. The second kappa shape index (κ2) is 6.88. The van der Waals surface area contributed by atoms with Gasteiger partial charge in [0.15, 0.2) is 0 Å². The van der Waals surface area contributed by atoms with Crippen molar-refractivity contribution in [2.75, 3.05) is 7.11 Å². The number of nitrogens with two attached hydrogens (primary N) is 1. The average molecular weight is 335 g/mol. The first-order valence-electron chi connectivity index (χ1n) is 6.49. The fourth-order valence-corrected chi connectivity index (χ4v) is 2.98. The normalized spacial score (nSPS) is 12.2. The highest BCUT2D eigenvalue weighted by Crippen LogP contribution is 2.27. The molecule has 4 heteroatoms. The molecule has 2 aromatic carbocycles. The van der Waals surface area contributed by atoms with Gasteiger partial charge in [-0.2, -0.15) is 0 Å². The van der Waals surface area contributed by atoms with Crippen LogP contribution in [0.25, 0.3) is 0 Å². The molecule has 1 atom stereocenters. The molecule has 0 amide bonds. The van der Waals surface area contributed by atoms with E-state index in [1.807, 2.05) is 18.2 Å². The predicted molar refractivity (Wildman–Crippen MR) is 85.6 cm³/mol. The molecule has 0 saturated carbocycles. The van der Waals surface area contributed by atoms with Crippen LogP contribution >= 0.6 is 15.9 Å². The van der Waals surface area contributed by atoms with Gasteiger partial charge in [-0.25, -0.2) is 0 Å². The molecule has 106 valence electrons. The lowest BCUT2D eigenvalue weighted by molar-refractivity contribution is 0.414. The summed E-state index contributed by atoms with van der Waals surface area (Å²) in [5, 5.41) is 0. The molecule has 2 aromatic rings. The second-order valence-electron chi connectivity index (χ2n) is 4.80. The van der Waals surface area contributed by atoms with Crippen LogP contribution in [-0.4, -0.2) is 7.11 Å². The van der Waals surface area contributed by atoms with Gasteiger partial charge in [-0.3, -0.25) is 11.3 Å². The minimum Gasteiger partial charge on any atom is -0.497 e. The molecule has 3 N–H and O–H groups in total. The van der Waals surface area contributed by atoms with Gasteiger partial charge in [-0.15, -0.1) is 0 Å². The largest absolute Gasteiger partial charge is 0.497 e. The molecule has 20 heavy (non-hydrogen) atoms. The summed E-state index contributed by atoms with van der Waals surface area (Å²) in [7, 11) is 1.67. The van der Waals surface area contributed by atoms with Crippen molar-refractivity contribution in [1.82, 2.24) is 5.43 Å². The van der Waals surface area contributed by atoms with Gasteiger partial charge in [0.05, 0.1) is 13.2 Å². The number of ether oxygens (including phenoxy) is 1. The van der Waals surface area contributed by atoms with Crippen LogP contribution in [0.3, 0.4) is 0 Å². The van der Waals surface area contributed by atoms with Crippen LogP contribution in [0.15, 0.2) is 46.9 Å². The Labute approximate surface area is 128 Å². The van der Waals surface area contributed by atoms with Crippen LogP contribution in [0.5, 0.6) is 5.75 Å². The number of hydrazine groups is 1. The van der Waals surface area contributed by atoms with E-state index in [2.05, 4.69) is 52.5 Å². The number of nitrogens with one attached hydrogen (secondary N) is 1. The fourth-order valence-electron chi connectivity index (χ4n) is 2.21. The van der Waals surface area contributed by atoms with Gasteiger partial charge in [0.25, 0.3) is 0 Å². The molecule has 1 unspecified atom stereocenters. The summed E-state index contributed by atoms with van der Waals surface area (Å²) in [6.45, 7) is 2.07. The van der Waals surface area contributed by atoms with E-state index in [9.17, 15) is 0 Å². The van der Waals surface area contributed by atoms with E-state index in [1.165, 1.54) is 11.1 Å². The van der Waals surface area contributed by atoms with Crippen LogP contribution in [0, 0.1) is 6.92 Å². The van der Waals surface area contributed by atoms with Crippen LogP contribution in [-0.2, 0) is 6.42 Å². The molecule has 0 radical (unpaired) electrons. The molecule has 0 heterocycles. The Morgan fingerprint density at radius 2 is 2.05 bits per heavy atom. The van der Waals surface area contributed by atoms with Crippen LogP contribution in [0.4, 0.5) is 0 Å². The van der Waals surface area contributed by atoms with Gasteiger partial charge in [0, 0.05) is 4.47 Å². The van der Waals surface area contributed by atoms with Crippen molar-refractivity contribution in [3.63, 3.8) is 0 Å². The smallest absolute Gasteiger partial charge is 0.119 e. The topological polar surface area (TPSA) is 47.3 Å². The Morgan fingerprint density at radius 3 is 2.70 bits per heavy atom. The standard InChI is InChI=1S/C16H19BrN2O/c1-11-6-7-14(15(17)8-11)16(19-18)10-12-4-3-5-13(9-12)20-2/h3-9,16,19H,10,18H2,1-2H3. The number of hydrogen-bond acceptors (Lipinski definition) is 3. The van der Waals surface area contributed by atoms with Crippen LogP contribution in [0.1, 0.15) is 22.7 Å². The van der Waals surface area contributed by atoms with E-state index in [-0.39, 0.29) is 6.04 Å². The van der Waals surface area contributed by atoms with Crippen molar-refractivity contribution < 1.29 is 4.74 Å². The van der Waals surface area contributed by atoms with Crippen LogP contribution < -0.4 is 16.0 Å². The summed E-state index contributed by atoms with van der Waals surface area (Å²) in [4.78, 5) is 0. The third-order valence-corrected chi connectivity index (χ3v) is 3.99. The summed E-state index contributed by atoms with van der Waals surface area (Å²) < 4.78 is 6.33. The molecule has 0 aliphatic heterocycles. The number of hydrogen-bond donors (Lipinski definition) is 2. The zero-order valence-electron chi connectivity index (χ0n) is 11.7. The third kappa shape index (κ3) is 3.60. The molecular weight excluding hydrogens is 316 g/mol. The van der Waals surface area contributed by atoms with Crippen LogP contribution in [0.2, 0.25) is 0 Å². The number of aryl methyl sites for hydroxylation is 1. The SMILES string of the molecule is COc1cccc(CC(NN)c2ccc(C)cc2Br)c1. The summed E-state index contributed by atoms with van der Waals surface area (Å²) >= 11 is 3.61. The lowest BCUT2D eigenvalue weighted by Crippen LogP contribution is -2.29. The minimum atomic E-state index is 0.0529. The molecule has 0 aliphatic rings. The van der Waals surface area contributed by atoms with Crippen molar-refractivity contribution in [3.8, 4) is 5.75 Å². The number of rotatable bonds is 5. The monoisotopic (exact) mass is 334 g/mol. The van der Waals surface area contributed by atoms with Crippen molar-refractivity contribution in [3.05, 3.63) is 63.6 Å². The van der Waals surface area contributed by atoms with Gasteiger partial charge < -0.3 is 4.74 Å². The van der Waals surface area contributed by atoms with E-state index < -0.39 is 0 Å². The maximum atomic E-state index is 5.73. The lowest BCUT2D eigenvalue weighted by atomic mass is 9.98. The van der Waals surface area contributed by atoms with E-state index >= 15 is 0 Å². The predicted octanol–water partition coefficient (Wildman–Crippen LogP) is 3.51. The first-order valence-corrected chi connectivity index (χ1v) is 7.28. The highest BCUT2D eigenvalue weighted by Gasteiger charge is 2.14. The number of methoxy groups -OCH3 is 1. The third-order valence-electron chi connectivity index (χ3n) is 3.31. The highest BCUT2D eigenvalue weighted by molar-refractivity contribution is 9.10. The molecule has 0 bridgehead atoms. The molecule has 0 aliphatic carbocycles. The van der Waals surface area contributed by atoms with Gasteiger partial charge >= 0.3 is 0 Å². The minimum absolute atomic E-state index is 0.0529. The maximum absolute atomic E-state index is 5.73. The maximum Gasteiger partial charge on any atom is 0.119 e. The Hall–Kier alpha value is -1.36. The van der Waals surface area contributed by atoms with Crippen molar-refractivity contribution in [2.24, 2.45) is 5.84 Å². The molecular formula is C16H19BrN2O. The number of benzene rings is 2. The highest BCUT2D eigenvalue weighted by atomic mass is 79.9. The Balaban J connectivity index is 2.23. The van der Waals surface area contributed by atoms with Crippen molar-refractivity contribution in [2.45, 2.75) is 19.4 Å². The molecule has 0 fully saturated rings. The summed E-state index contributed by atoms with van der Waals surface area (Å²) in [5.74, 6) is 6.59. The zero-order chi connectivity index (χ0) is 14.5. The van der Waals surface area contributed by atoms with E-state index in [4.69, 9.17) is 10.6 Å². The van der Waals surface area contributed by atoms with Crippen molar-refractivity contribution >= 4 is 15.9 Å². The fraction of sp³-hybridized carbons (Fsp3) is 0.250. The Kier molecular flexibility index (Phi) is 5.17. The van der Waals surface area contributed by atoms with E-state index in [0.29, 0.717) is 0 Å². The summed E-state index contributed by atoms with van der Waals surface area (Å²) in [6.07, 6.45) is 0.801. The molecule has 3 nitrogen and oxygen atoms in total. The summed E-state index contributed by atoms with van der Waals surface area (Å²) in [5.41, 5.74) is 6.45. The van der Waals surface area contributed by atoms with E-state index in [1.54, 1.807) is 7.11 Å². The second-order valence-corrected chi connectivity index (χ2v) is 5.65. The molecule has 2 rings (SSSR count). The average Bonchev–Trinajstić information content (AvgIpc) is 2.45. The summed E-state index contributed by atoms with van der Waals surface area (Å²) in [6, 6.07) is 14.4. The lowest BCUT2D eigenvalue weighted by Gasteiger charge is -2.18. The van der Waals surface area contributed by atoms with Gasteiger partial charge in [0.1, 0.15) is 5.75 Å². The molecule has 0 saturated heterocycles. The van der Waals surface area contributed by atoms with Gasteiger partial charge in [-0.1, -0.05) is 40.2 Å². The van der Waals surface area contributed by atoms with Gasteiger partial charge in [0.2, 0.25) is 0 Å². The Morgan fingerprint density at radius 1 is 1.25 bits per heavy atom. The quantitative estimate of drug-likeness (QED) is 0.649. The zero-order valence-corrected chi connectivity index (χ0v) is 13.3. The Bertz CT molecular complexity index is 586. The number of halogens is 1.